The van der Waals surface area contributed by atoms with Crippen LogP contribution in [0.4, 0.5) is 0 Å². The summed E-state index contributed by atoms with van der Waals surface area (Å²) in [6.45, 7) is 2.90. The molecule has 1 heterocycles. The molecule has 0 unspecified atom stereocenters. The van der Waals surface area contributed by atoms with Crippen molar-refractivity contribution in [2.45, 2.75) is 37.6 Å². The van der Waals surface area contributed by atoms with Crippen molar-refractivity contribution < 1.29 is 9.53 Å². The second-order valence-electron chi connectivity index (χ2n) is 6.81. The highest BCUT2D eigenvalue weighted by atomic mass is 79.9. The molecule has 23 heavy (non-hydrogen) atoms. The van der Waals surface area contributed by atoms with Gasteiger partial charge in [0.2, 0.25) is 0 Å². The Morgan fingerprint density at radius 3 is 2.57 bits per heavy atom. The number of likely N-dealkylation sites (N-methyl/N-ethyl adjacent to an activating group) is 1. The number of rotatable bonds is 3. The molecule has 2 aliphatic rings. The van der Waals surface area contributed by atoms with E-state index in [1.807, 2.05) is 24.3 Å². The van der Waals surface area contributed by atoms with Gasteiger partial charge < -0.3 is 14.5 Å². The number of piperazine rings is 1. The number of hydrogen-bond acceptors (Lipinski definition) is 3. The van der Waals surface area contributed by atoms with Crippen molar-refractivity contribution in [1.29, 1.82) is 0 Å². The number of halogens is 1. The molecule has 0 N–H and O–H groups in total. The highest BCUT2D eigenvalue weighted by Gasteiger charge is 2.43. The molecule has 1 saturated heterocycles. The number of amides is 1. The van der Waals surface area contributed by atoms with Crippen molar-refractivity contribution in [2.24, 2.45) is 0 Å². The van der Waals surface area contributed by atoms with E-state index in [9.17, 15) is 4.79 Å². The summed E-state index contributed by atoms with van der Waals surface area (Å²) in [6.07, 6.45) is 6.00. The summed E-state index contributed by atoms with van der Waals surface area (Å²) in [4.78, 5) is 17.3. The minimum atomic E-state index is 0.0331. The molecule has 4 nitrogen and oxygen atoms in total. The predicted octanol–water partition coefficient (Wildman–Crippen LogP) is 3.30. The predicted molar refractivity (Wildman–Crippen MR) is 94.7 cm³/mol. The second kappa shape index (κ2) is 7.22. The standard InChI is InChI=1S/C18H25BrN2O2/c1-20-11-12-21(18(14-20)9-3-2-4-10-18)17(22)13-23-16-7-5-15(19)6-8-16/h5-8H,2-4,9-14H2,1H3. The van der Waals surface area contributed by atoms with E-state index < -0.39 is 0 Å². The van der Waals surface area contributed by atoms with Crippen molar-refractivity contribution in [3.8, 4) is 5.75 Å². The van der Waals surface area contributed by atoms with Crippen LogP contribution in [-0.2, 0) is 4.79 Å². The van der Waals surface area contributed by atoms with Crippen molar-refractivity contribution in [2.75, 3.05) is 33.3 Å². The summed E-state index contributed by atoms with van der Waals surface area (Å²) >= 11 is 3.41. The zero-order chi connectivity index (χ0) is 16.3. The van der Waals surface area contributed by atoms with E-state index in [2.05, 4.69) is 32.8 Å². The molecule has 1 aromatic carbocycles. The summed E-state index contributed by atoms with van der Waals surface area (Å²) in [6, 6.07) is 7.63. The molecule has 5 heteroatoms. The van der Waals surface area contributed by atoms with Gasteiger partial charge in [-0.15, -0.1) is 0 Å². The maximum absolute atomic E-state index is 12.8. The number of carbonyl (C=O) groups excluding carboxylic acids is 1. The molecule has 1 saturated carbocycles. The third-order valence-corrected chi connectivity index (χ3v) is 5.63. The summed E-state index contributed by atoms with van der Waals surface area (Å²) in [5.41, 5.74) is 0.0331. The van der Waals surface area contributed by atoms with Crippen LogP contribution in [0.2, 0.25) is 0 Å². The Balaban J connectivity index is 1.65. The SMILES string of the molecule is CN1CCN(C(=O)COc2ccc(Br)cc2)C2(CCCCC2)C1. The fourth-order valence-corrected chi connectivity index (χ4v) is 4.22. The summed E-state index contributed by atoms with van der Waals surface area (Å²) < 4.78 is 6.72. The van der Waals surface area contributed by atoms with Crippen LogP contribution < -0.4 is 4.74 Å². The van der Waals surface area contributed by atoms with Gasteiger partial charge in [0.15, 0.2) is 6.61 Å². The lowest BCUT2D eigenvalue weighted by atomic mass is 9.78. The summed E-state index contributed by atoms with van der Waals surface area (Å²) in [5, 5.41) is 0. The topological polar surface area (TPSA) is 32.8 Å². The Bertz CT molecular complexity index is 540. The molecule has 0 atom stereocenters. The maximum Gasteiger partial charge on any atom is 0.261 e. The number of benzene rings is 1. The Labute approximate surface area is 146 Å². The first-order chi connectivity index (χ1) is 11.1. The van der Waals surface area contributed by atoms with E-state index in [0.717, 1.165) is 42.7 Å². The Kier molecular flexibility index (Phi) is 5.27. The molecule has 2 fully saturated rings. The number of nitrogens with zero attached hydrogens (tertiary/aromatic N) is 2. The lowest BCUT2D eigenvalue weighted by Gasteiger charge is -2.52. The summed E-state index contributed by atoms with van der Waals surface area (Å²) in [5.74, 6) is 0.872. The summed E-state index contributed by atoms with van der Waals surface area (Å²) in [7, 11) is 2.16. The van der Waals surface area contributed by atoms with Gasteiger partial charge in [-0.2, -0.15) is 0 Å². The molecule has 3 rings (SSSR count). The molecule has 0 aromatic heterocycles. The highest BCUT2D eigenvalue weighted by molar-refractivity contribution is 9.10. The van der Waals surface area contributed by atoms with E-state index >= 15 is 0 Å². The first kappa shape index (κ1) is 16.8. The molecule has 126 valence electrons. The molecule has 0 bridgehead atoms. The number of ether oxygens (including phenoxy) is 1. The van der Waals surface area contributed by atoms with Gasteiger partial charge in [0.05, 0.1) is 5.54 Å². The lowest BCUT2D eigenvalue weighted by molar-refractivity contribution is -0.146. The van der Waals surface area contributed by atoms with E-state index in [1.165, 1.54) is 19.3 Å². The molecule has 1 spiro atoms. The van der Waals surface area contributed by atoms with Gasteiger partial charge in [-0.3, -0.25) is 4.79 Å². The quantitative estimate of drug-likeness (QED) is 0.806. The molecule has 1 aliphatic heterocycles. The molecule has 1 aliphatic carbocycles. The van der Waals surface area contributed by atoms with Gasteiger partial charge in [0.25, 0.3) is 5.91 Å². The van der Waals surface area contributed by atoms with E-state index in [0.29, 0.717) is 0 Å². The van der Waals surface area contributed by atoms with E-state index in [1.54, 1.807) is 0 Å². The Morgan fingerprint density at radius 1 is 1.17 bits per heavy atom. The Morgan fingerprint density at radius 2 is 1.87 bits per heavy atom. The van der Waals surface area contributed by atoms with Crippen LogP contribution in [-0.4, -0.2) is 54.5 Å². The fourth-order valence-electron chi connectivity index (χ4n) is 3.96. The van der Waals surface area contributed by atoms with Crippen molar-refractivity contribution in [1.82, 2.24) is 9.80 Å². The molecular weight excluding hydrogens is 356 g/mol. The van der Waals surface area contributed by atoms with Crippen LogP contribution in [0, 0.1) is 0 Å². The fraction of sp³-hybridized carbons (Fsp3) is 0.611. The monoisotopic (exact) mass is 380 g/mol. The minimum Gasteiger partial charge on any atom is -0.484 e. The number of hydrogen-bond donors (Lipinski definition) is 0. The van der Waals surface area contributed by atoms with Crippen LogP contribution in [0.3, 0.4) is 0 Å². The minimum absolute atomic E-state index is 0.0331. The van der Waals surface area contributed by atoms with Gasteiger partial charge in [-0.25, -0.2) is 0 Å². The molecule has 1 aromatic rings. The molecule has 1 amide bonds. The zero-order valence-corrected chi connectivity index (χ0v) is 15.3. The lowest BCUT2D eigenvalue weighted by Crippen LogP contribution is -2.64. The van der Waals surface area contributed by atoms with Crippen LogP contribution in [0.25, 0.3) is 0 Å². The average molecular weight is 381 g/mol. The van der Waals surface area contributed by atoms with E-state index in [4.69, 9.17) is 4.74 Å². The Hall–Kier alpha value is -1.07. The van der Waals surface area contributed by atoms with Crippen LogP contribution in [0.1, 0.15) is 32.1 Å². The van der Waals surface area contributed by atoms with Crippen LogP contribution >= 0.6 is 15.9 Å². The van der Waals surface area contributed by atoms with Gasteiger partial charge >= 0.3 is 0 Å². The second-order valence-corrected chi connectivity index (χ2v) is 7.73. The van der Waals surface area contributed by atoms with Gasteiger partial charge in [0, 0.05) is 24.1 Å². The molecule has 0 radical (unpaired) electrons. The normalized spacial score (nSPS) is 21.4. The largest absolute Gasteiger partial charge is 0.484 e. The zero-order valence-electron chi connectivity index (χ0n) is 13.8. The van der Waals surface area contributed by atoms with Crippen molar-refractivity contribution >= 4 is 21.8 Å². The molecular formula is C18H25BrN2O2. The average Bonchev–Trinajstić information content (AvgIpc) is 2.55. The third-order valence-electron chi connectivity index (χ3n) is 5.10. The van der Waals surface area contributed by atoms with Crippen LogP contribution in [0.15, 0.2) is 28.7 Å². The van der Waals surface area contributed by atoms with Crippen molar-refractivity contribution in [3.63, 3.8) is 0 Å². The van der Waals surface area contributed by atoms with Gasteiger partial charge in [0.1, 0.15) is 5.75 Å². The third kappa shape index (κ3) is 3.89. The highest BCUT2D eigenvalue weighted by Crippen LogP contribution is 2.36. The first-order valence-corrected chi connectivity index (χ1v) is 9.26. The van der Waals surface area contributed by atoms with E-state index in [-0.39, 0.29) is 18.1 Å². The van der Waals surface area contributed by atoms with Crippen LogP contribution in [0.5, 0.6) is 5.75 Å². The maximum atomic E-state index is 12.8. The first-order valence-electron chi connectivity index (χ1n) is 8.46. The van der Waals surface area contributed by atoms with Gasteiger partial charge in [-0.05, 0) is 44.2 Å². The number of carbonyl (C=O) groups is 1. The van der Waals surface area contributed by atoms with Crippen molar-refractivity contribution in [3.05, 3.63) is 28.7 Å². The smallest absolute Gasteiger partial charge is 0.261 e. The van der Waals surface area contributed by atoms with Gasteiger partial charge in [-0.1, -0.05) is 35.2 Å².